The number of rotatable bonds is 2. The average molecular weight is 254 g/mol. The Morgan fingerprint density at radius 2 is 2.00 bits per heavy atom. The molecular formula is C10H10N2O4S. The number of carbonyl (C=O) groups excluding carboxylic acids is 1. The van der Waals surface area contributed by atoms with E-state index in [0.717, 1.165) is 10.8 Å². The minimum atomic E-state index is -3.65. The maximum absolute atomic E-state index is 11.2. The highest BCUT2D eigenvalue weighted by Gasteiger charge is 2.15. The van der Waals surface area contributed by atoms with Gasteiger partial charge in [0.15, 0.2) is 5.75 Å². The highest BCUT2D eigenvalue weighted by Crippen LogP contribution is 2.28. The number of nitrogens with zero attached hydrogens (tertiary/aromatic N) is 1. The van der Waals surface area contributed by atoms with E-state index in [1.54, 1.807) is 24.3 Å². The molecule has 1 aromatic carbocycles. The second-order valence-corrected chi connectivity index (χ2v) is 5.08. The van der Waals surface area contributed by atoms with E-state index in [-0.39, 0.29) is 5.75 Å². The molecule has 2 rings (SSSR count). The Labute approximate surface area is 97.7 Å². The second-order valence-electron chi connectivity index (χ2n) is 3.51. The van der Waals surface area contributed by atoms with Crippen LogP contribution in [0.5, 0.6) is 5.75 Å². The normalized spacial score (nSPS) is 11.6. The van der Waals surface area contributed by atoms with E-state index in [1.807, 2.05) is 0 Å². The first kappa shape index (κ1) is 11.5. The summed E-state index contributed by atoms with van der Waals surface area (Å²) in [6.07, 6.45) is 2.19. The number of nitrogens with two attached hydrogens (primary N) is 1. The van der Waals surface area contributed by atoms with Gasteiger partial charge in [-0.3, -0.25) is 4.57 Å². The molecule has 0 fully saturated rings. The van der Waals surface area contributed by atoms with Gasteiger partial charge in [0.25, 0.3) is 0 Å². The van der Waals surface area contributed by atoms with Crippen molar-refractivity contribution in [3.05, 3.63) is 30.5 Å². The molecule has 2 aromatic rings. The molecule has 0 radical (unpaired) electrons. The number of carbonyl (C=O) groups is 1. The van der Waals surface area contributed by atoms with Crippen molar-refractivity contribution >= 4 is 27.1 Å². The maximum Gasteiger partial charge on any atom is 0.323 e. The van der Waals surface area contributed by atoms with Crippen molar-refractivity contribution in [1.82, 2.24) is 4.57 Å². The molecule has 0 unspecified atom stereocenters. The van der Waals surface area contributed by atoms with Crippen LogP contribution >= 0.6 is 0 Å². The van der Waals surface area contributed by atoms with E-state index in [0.29, 0.717) is 10.9 Å². The molecule has 0 aliphatic carbocycles. The summed E-state index contributed by atoms with van der Waals surface area (Å²) in [5.74, 6) is 0.0851. The zero-order chi connectivity index (χ0) is 12.6. The fourth-order valence-electron chi connectivity index (χ4n) is 1.56. The Morgan fingerprint density at radius 1 is 1.35 bits per heavy atom. The zero-order valence-electron chi connectivity index (χ0n) is 8.95. The summed E-state index contributed by atoms with van der Waals surface area (Å²) < 4.78 is 28.1. The monoisotopic (exact) mass is 254 g/mol. The van der Waals surface area contributed by atoms with E-state index in [9.17, 15) is 13.2 Å². The van der Waals surface area contributed by atoms with Crippen LogP contribution < -0.4 is 9.92 Å². The van der Waals surface area contributed by atoms with Crippen LogP contribution in [-0.4, -0.2) is 25.3 Å². The lowest BCUT2D eigenvalue weighted by Crippen LogP contribution is -2.18. The molecule has 0 aliphatic rings. The van der Waals surface area contributed by atoms with Crippen LogP contribution in [0.25, 0.3) is 10.9 Å². The summed E-state index contributed by atoms with van der Waals surface area (Å²) in [5, 5.41) is 0.511. The van der Waals surface area contributed by atoms with Gasteiger partial charge >= 0.3 is 16.1 Å². The lowest BCUT2D eigenvalue weighted by atomic mass is 10.2. The summed E-state index contributed by atoms with van der Waals surface area (Å²) in [6.45, 7) is 0. The number of para-hydroxylation sites is 1. The third-order valence-electron chi connectivity index (χ3n) is 2.15. The topological polar surface area (TPSA) is 91.4 Å². The highest BCUT2D eigenvalue weighted by atomic mass is 32.2. The van der Waals surface area contributed by atoms with E-state index in [1.165, 1.54) is 6.20 Å². The van der Waals surface area contributed by atoms with Gasteiger partial charge in [-0.2, -0.15) is 8.42 Å². The standard InChI is InChI=1S/C10H10N2O4S/c1-17(14,15)16-9-6-12(10(11)13)8-5-3-2-4-7(8)9/h2-6H,1H3,(H2,11,13). The Hall–Kier alpha value is -2.02. The van der Waals surface area contributed by atoms with Crippen molar-refractivity contribution in [2.24, 2.45) is 5.73 Å². The summed E-state index contributed by atoms with van der Waals surface area (Å²) in [7, 11) is -3.65. The van der Waals surface area contributed by atoms with Crippen LogP contribution in [-0.2, 0) is 10.1 Å². The van der Waals surface area contributed by atoms with Crippen LogP contribution in [0.15, 0.2) is 30.5 Å². The van der Waals surface area contributed by atoms with Crippen LogP contribution in [0.1, 0.15) is 0 Å². The molecule has 0 atom stereocenters. The highest BCUT2D eigenvalue weighted by molar-refractivity contribution is 7.86. The molecule has 2 N–H and O–H groups in total. The number of hydrogen-bond acceptors (Lipinski definition) is 4. The first-order chi connectivity index (χ1) is 7.88. The fraction of sp³-hybridized carbons (Fsp3) is 0.100. The molecule has 0 saturated heterocycles. The molecule has 1 amide bonds. The fourth-order valence-corrected chi connectivity index (χ4v) is 2.02. The van der Waals surface area contributed by atoms with E-state index < -0.39 is 16.1 Å². The molecule has 90 valence electrons. The first-order valence-electron chi connectivity index (χ1n) is 4.68. The lowest BCUT2D eigenvalue weighted by Gasteiger charge is -1.99. The Kier molecular flexibility index (Phi) is 2.55. The molecule has 17 heavy (non-hydrogen) atoms. The molecule has 7 heteroatoms. The van der Waals surface area contributed by atoms with Gasteiger partial charge in [-0.15, -0.1) is 0 Å². The van der Waals surface area contributed by atoms with Gasteiger partial charge in [-0.1, -0.05) is 12.1 Å². The molecular weight excluding hydrogens is 244 g/mol. The van der Waals surface area contributed by atoms with Crippen LogP contribution in [0.4, 0.5) is 4.79 Å². The number of amides is 1. The van der Waals surface area contributed by atoms with Crippen molar-refractivity contribution in [2.45, 2.75) is 0 Å². The van der Waals surface area contributed by atoms with E-state index in [4.69, 9.17) is 9.92 Å². The summed E-state index contributed by atoms with van der Waals surface area (Å²) in [4.78, 5) is 11.2. The summed E-state index contributed by atoms with van der Waals surface area (Å²) in [6, 6.07) is 6.02. The van der Waals surface area contributed by atoms with Gasteiger partial charge in [0.2, 0.25) is 0 Å². The summed E-state index contributed by atoms with van der Waals surface area (Å²) >= 11 is 0. The molecule has 6 nitrogen and oxygen atoms in total. The van der Waals surface area contributed by atoms with Crippen molar-refractivity contribution < 1.29 is 17.4 Å². The Morgan fingerprint density at radius 3 is 2.59 bits per heavy atom. The molecule has 0 aliphatic heterocycles. The van der Waals surface area contributed by atoms with Crippen LogP contribution in [0, 0.1) is 0 Å². The SMILES string of the molecule is CS(=O)(=O)Oc1cn(C(N)=O)c2ccccc12. The van der Waals surface area contributed by atoms with Crippen LogP contribution in [0.2, 0.25) is 0 Å². The largest absolute Gasteiger partial charge is 0.380 e. The quantitative estimate of drug-likeness (QED) is 0.806. The minimum Gasteiger partial charge on any atom is -0.380 e. The van der Waals surface area contributed by atoms with E-state index in [2.05, 4.69) is 0 Å². The predicted octanol–water partition coefficient (Wildman–Crippen LogP) is 0.906. The van der Waals surface area contributed by atoms with Crippen molar-refractivity contribution in [1.29, 1.82) is 0 Å². The van der Waals surface area contributed by atoms with Gasteiger partial charge in [-0.25, -0.2) is 4.79 Å². The second kappa shape index (κ2) is 3.77. The predicted molar refractivity (Wildman–Crippen MR) is 62.4 cm³/mol. The van der Waals surface area contributed by atoms with E-state index >= 15 is 0 Å². The Balaban J connectivity index is 2.69. The van der Waals surface area contributed by atoms with Gasteiger partial charge in [0.05, 0.1) is 18.0 Å². The number of fused-ring (bicyclic) bond motifs is 1. The van der Waals surface area contributed by atoms with Gasteiger partial charge < -0.3 is 9.92 Å². The number of benzene rings is 1. The Bertz CT molecular complexity index is 687. The number of aromatic nitrogens is 1. The minimum absolute atomic E-state index is 0.0851. The molecule has 1 aromatic heterocycles. The smallest absolute Gasteiger partial charge is 0.323 e. The van der Waals surface area contributed by atoms with Gasteiger partial charge in [-0.05, 0) is 12.1 Å². The summed E-state index contributed by atoms with van der Waals surface area (Å²) in [5.41, 5.74) is 5.67. The van der Waals surface area contributed by atoms with Gasteiger partial charge in [0.1, 0.15) is 0 Å². The average Bonchev–Trinajstić information content (AvgIpc) is 2.55. The van der Waals surface area contributed by atoms with Crippen molar-refractivity contribution in [3.63, 3.8) is 0 Å². The molecule has 0 bridgehead atoms. The van der Waals surface area contributed by atoms with Crippen LogP contribution in [0.3, 0.4) is 0 Å². The maximum atomic E-state index is 11.2. The number of hydrogen-bond donors (Lipinski definition) is 1. The molecule has 0 saturated carbocycles. The molecule has 0 spiro atoms. The number of primary amides is 1. The molecule has 1 heterocycles. The van der Waals surface area contributed by atoms with Gasteiger partial charge in [0, 0.05) is 5.39 Å². The first-order valence-corrected chi connectivity index (χ1v) is 6.49. The third kappa shape index (κ3) is 2.23. The zero-order valence-corrected chi connectivity index (χ0v) is 9.77. The van der Waals surface area contributed by atoms with Crippen molar-refractivity contribution in [2.75, 3.05) is 6.26 Å². The lowest BCUT2D eigenvalue weighted by molar-refractivity contribution is 0.251. The third-order valence-corrected chi connectivity index (χ3v) is 2.64. The van der Waals surface area contributed by atoms with Crippen molar-refractivity contribution in [3.8, 4) is 5.75 Å².